The molecule has 1 rings (SSSR count). The molecule has 0 radical (unpaired) electrons. The molecule has 0 aromatic carbocycles. The number of hydrogen-bond acceptors (Lipinski definition) is 7. The monoisotopic (exact) mass is 287 g/mol. The number of carbonyl (C=O) groups excluding carboxylic acids is 3. The molecule has 1 N–H and O–H groups in total. The number of esters is 2. The molecule has 1 aliphatic rings. The predicted molar refractivity (Wildman–Crippen MR) is 65.4 cm³/mol. The Morgan fingerprint density at radius 2 is 2.05 bits per heavy atom. The van der Waals surface area contributed by atoms with E-state index in [2.05, 4.69) is 10.1 Å². The van der Waals surface area contributed by atoms with Crippen molar-refractivity contribution in [3.05, 3.63) is 12.2 Å². The molecule has 8 nitrogen and oxygen atoms in total. The lowest BCUT2D eigenvalue weighted by atomic mass is 10.3. The summed E-state index contributed by atoms with van der Waals surface area (Å²) in [6.45, 7) is 0.862. The van der Waals surface area contributed by atoms with Crippen LogP contribution in [0.2, 0.25) is 0 Å². The maximum atomic E-state index is 11.5. The van der Waals surface area contributed by atoms with Crippen LogP contribution >= 0.6 is 0 Å². The first-order valence-electron chi connectivity index (χ1n) is 6.03. The molecular weight excluding hydrogens is 270 g/mol. The highest BCUT2D eigenvalue weighted by Crippen LogP contribution is 2.02. The van der Waals surface area contributed by atoms with Gasteiger partial charge < -0.3 is 24.3 Å². The molecule has 0 saturated carbocycles. The summed E-state index contributed by atoms with van der Waals surface area (Å²) in [5.41, 5.74) is 0. The topological polar surface area (TPSA) is 100 Å². The van der Waals surface area contributed by atoms with Crippen molar-refractivity contribution in [1.29, 1.82) is 0 Å². The lowest BCUT2D eigenvalue weighted by Gasteiger charge is -2.08. The molecule has 1 amide bonds. The van der Waals surface area contributed by atoms with E-state index in [0.717, 1.165) is 12.2 Å². The van der Waals surface area contributed by atoms with Gasteiger partial charge in [0.15, 0.2) is 6.10 Å². The second-order valence-corrected chi connectivity index (χ2v) is 3.81. The predicted octanol–water partition coefficient (Wildman–Crippen LogP) is -0.862. The van der Waals surface area contributed by atoms with Gasteiger partial charge in [0.1, 0.15) is 6.79 Å². The minimum atomic E-state index is -0.644. The molecule has 1 aliphatic heterocycles. The van der Waals surface area contributed by atoms with Gasteiger partial charge in [-0.05, 0) is 6.42 Å². The van der Waals surface area contributed by atoms with Crippen LogP contribution in [0, 0.1) is 0 Å². The van der Waals surface area contributed by atoms with Crippen LogP contribution in [0.15, 0.2) is 12.2 Å². The number of methoxy groups -OCH3 is 1. The fourth-order valence-electron chi connectivity index (χ4n) is 1.31. The first-order chi connectivity index (χ1) is 9.63. The fourth-order valence-corrected chi connectivity index (χ4v) is 1.31. The summed E-state index contributed by atoms with van der Waals surface area (Å²) in [6.07, 6.45) is 1.84. The second-order valence-electron chi connectivity index (χ2n) is 3.81. The van der Waals surface area contributed by atoms with E-state index >= 15 is 0 Å². The van der Waals surface area contributed by atoms with Gasteiger partial charge in [-0.1, -0.05) is 0 Å². The third-order valence-electron chi connectivity index (χ3n) is 2.34. The van der Waals surface area contributed by atoms with E-state index in [-0.39, 0.29) is 25.9 Å². The molecule has 0 aromatic rings. The van der Waals surface area contributed by atoms with E-state index in [1.165, 1.54) is 7.11 Å². The van der Waals surface area contributed by atoms with Gasteiger partial charge in [-0.2, -0.15) is 0 Å². The minimum Gasteiger partial charge on any atom is -0.466 e. The highest BCUT2D eigenvalue weighted by molar-refractivity contribution is 5.91. The lowest BCUT2D eigenvalue weighted by molar-refractivity contribution is -0.139. The Labute approximate surface area is 116 Å². The van der Waals surface area contributed by atoms with Crippen molar-refractivity contribution < 1.29 is 33.3 Å². The molecule has 1 heterocycles. The Kier molecular flexibility index (Phi) is 7.30. The summed E-state index contributed by atoms with van der Waals surface area (Å²) in [7, 11) is 1.21. The van der Waals surface area contributed by atoms with Crippen molar-refractivity contribution in [1.82, 2.24) is 5.32 Å². The van der Waals surface area contributed by atoms with Crippen molar-refractivity contribution in [2.24, 2.45) is 0 Å². The average Bonchev–Trinajstić information content (AvgIpc) is 2.98. The maximum absolute atomic E-state index is 11.5. The molecule has 0 unspecified atom stereocenters. The summed E-state index contributed by atoms with van der Waals surface area (Å²) >= 11 is 0. The van der Waals surface area contributed by atoms with Crippen LogP contribution in [0.5, 0.6) is 0 Å². The van der Waals surface area contributed by atoms with E-state index in [4.69, 9.17) is 14.2 Å². The number of ether oxygens (including phenoxy) is 4. The molecule has 1 atom stereocenters. The molecule has 0 spiro atoms. The van der Waals surface area contributed by atoms with Crippen LogP contribution in [-0.4, -0.2) is 57.6 Å². The van der Waals surface area contributed by atoms with Gasteiger partial charge in [-0.15, -0.1) is 0 Å². The van der Waals surface area contributed by atoms with Crippen molar-refractivity contribution in [2.75, 3.05) is 33.7 Å². The Morgan fingerprint density at radius 3 is 2.70 bits per heavy atom. The van der Waals surface area contributed by atoms with Gasteiger partial charge in [0, 0.05) is 18.7 Å². The Balaban J connectivity index is 2.04. The SMILES string of the molecule is COC(=O)/C=C/C(=O)OCCCNC(=O)[C@H]1COCO1. The van der Waals surface area contributed by atoms with Gasteiger partial charge in [-0.25, -0.2) is 9.59 Å². The zero-order chi connectivity index (χ0) is 14.8. The van der Waals surface area contributed by atoms with Gasteiger partial charge in [0.25, 0.3) is 5.91 Å². The van der Waals surface area contributed by atoms with Crippen LogP contribution in [0.3, 0.4) is 0 Å². The zero-order valence-electron chi connectivity index (χ0n) is 11.1. The number of hydrogen-bond donors (Lipinski definition) is 1. The normalized spacial score (nSPS) is 17.9. The third kappa shape index (κ3) is 6.30. The van der Waals surface area contributed by atoms with E-state index in [1.807, 2.05) is 0 Å². The van der Waals surface area contributed by atoms with Crippen molar-refractivity contribution in [2.45, 2.75) is 12.5 Å². The van der Waals surface area contributed by atoms with Crippen LogP contribution in [-0.2, 0) is 33.3 Å². The Morgan fingerprint density at radius 1 is 1.30 bits per heavy atom. The quantitative estimate of drug-likeness (QED) is 0.369. The van der Waals surface area contributed by atoms with Gasteiger partial charge in [0.05, 0.1) is 20.3 Å². The van der Waals surface area contributed by atoms with E-state index in [9.17, 15) is 14.4 Å². The van der Waals surface area contributed by atoms with E-state index in [1.54, 1.807) is 0 Å². The smallest absolute Gasteiger partial charge is 0.331 e. The maximum Gasteiger partial charge on any atom is 0.331 e. The average molecular weight is 287 g/mol. The van der Waals surface area contributed by atoms with Crippen molar-refractivity contribution in [3.8, 4) is 0 Å². The van der Waals surface area contributed by atoms with Gasteiger partial charge in [0.2, 0.25) is 0 Å². The summed E-state index contributed by atoms with van der Waals surface area (Å²) in [5.74, 6) is -1.53. The first kappa shape index (κ1) is 16.1. The summed E-state index contributed by atoms with van der Waals surface area (Å²) in [5, 5.41) is 2.63. The Bertz CT molecular complexity index is 374. The molecule has 112 valence electrons. The molecule has 8 heteroatoms. The third-order valence-corrected chi connectivity index (χ3v) is 2.34. The number of amides is 1. The number of carbonyl (C=O) groups is 3. The van der Waals surface area contributed by atoms with Gasteiger partial charge in [-0.3, -0.25) is 4.79 Å². The fraction of sp³-hybridized carbons (Fsp3) is 0.583. The van der Waals surface area contributed by atoms with Gasteiger partial charge >= 0.3 is 11.9 Å². The first-order valence-corrected chi connectivity index (χ1v) is 6.03. The van der Waals surface area contributed by atoms with Crippen molar-refractivity contribution >= 4 is 17.8 Å². The summed E-state index contributed by atoms with van der Waals surface area (Å²) in [4.78, 5) is 33.3. The zero-order valence-corrected chi connectivity index (χ0v) is 11.1. The Hall–Kier alpha value is -1.93. The number of rotatable bonds is 7. The minimum absolute atomic E-state index is 0.127. The standard InChI is InChI=1S/C12H17NO7/c1-17-10(14)3-4-11(15)19-6-2-5-13-12(16)9-7-18-8-20-9/h3-4,9H,2,5-8H2,1H3,(H,13,16)/b4-3+/t9-/m1/s1. The molecule has 0 aliphatic carbocycles. The second kappa shape index (κ2) is 9.05. The van der Waals surface area contributed by atoms with E-state index < -0.39 is 18.0 Å². The molecule has 0 aromatic heterocycles. The lowest BCUT2D eigenvalue weighted by Crippen LogP contribution is -2.36. The van der Waals surface area contributed by atoms with Crippen LogP contribution < -0.4 is 5.32 Å². The largest absolute Gasteiger partial charge is 0.466 e. The molecule has 20 heavy (non-hydrogen) atoms. The van der Waals surface area contributed by atoms with Crippen LogP contribution in [0.25, 0.3) is 0 Å². The molecule has 0 bridgehead atoms. The molecule has 1 fully saturated rings. The van der Waals surface area contributed by atoms with E-state index in [0.29, 0.717) is 13.0 Å². The molecular formula is C12H17NO7. The number of nitrogens with one attached hydrogen (secondary N) is 1. The summed E-state index contributed by atoms with van der Waals surface area (Å²) < 4.78 is 19.0. The highest BCUT2D eigenvalue weighted by atomic mass is 16.7. The molecule has 1 saturated heterocycles. The van der Waals surface area contributed by atoms with Crippen LogP contribution in [0.4, 0.5) is 0 Å². The van der Waals surface area contributed by atoms with Crippen LogP contribution in [0.1, 0.15) is 6.42 Å². The summed E-state index contributed by atoms with van der Waals surface area (Å²) in [6, 6.07) is 0. The highest BCUT2D eigenvalue weighted by Gasteiger charge is 2.23. The van der Waals surface area contributed by atoms with Crippen molar-refractivity contribution in [3.63, 3.8) is 0 Å².